The van der Waals surface area contributed by atoms with Gasteiger partial charge in [-0.25, -0.2) is 0 Å². The fraction of sp³-hybridized carbons (Fsp3) is 0.300. The fourth-order valence-corrected chi connectivity index (χ4v) is 0.725. The van der Waals surface area contributed by atoms with E-state index in [2.05, 4.69) is 13.2 Å². The SMILES string of the molecule is C=CC=C(C=C)CCC(C)=O. The van der Waals surface area contributed by atoms with E-state index in [-0.39, 0.29) is 5.78 Å². The molecule has 1 heteroatoms. The largest absolute Gasteiger partial charge is 0.300 e. The van der Waals surface area contributed by atoms with Crippen molar-refractivity contribution < 1.29 is 4.79 Å². The Balaban J connectivity index is 3.88. The van der Waals surface area contributed by atoms with E-state index in [1.807, 2.05) is 6.08 Å². The number of rotatable bonds is 5. The van der Waals surface area contributed by atoms with Crippen molar-refractivity contribution >= 4 is 5.78 Å². The molecule has 0 saturated carbocycles. The van der Waals surface area contributed by atoms with Crippen LogP contribution in [-0.4, -0.2) is 5.78 Å². The van der Waals surface area contributed by atoms with Crippen molar-refractivity contribution in [2.24, 2.45) is 0 Å². The molecule has 0 rings (SSSR count). The van der Waals surface area contributed by atoms with Crippen molar-refractivity contribution in [2.75, 3.05) is 0 Å². The number of carbonyl (C=O) groups is 1. The smallest absolute Gasteiger partial charge is 0.130 e. The summed E-state index contributed by atoms with van der Waals surface area (Å²) in [6, 6.07) is 0. The normalized spacial score (nSPS) is 10.8. The summed E-state index contributed by atoms with van der Waals surface area (Å²) in [7, 11) is 0. The van der Waals surface area contributed by atoms with Crippen LogP contribution in [0.5, 0.6) is 0 Å². The molecule has 0 aliphatic heterocycles. The quantitative estimate of drug-likeness (QED) is 0.551. The van der Waals surface area contributed by atoms with E-state index >= 15 is 0 Å². The topological polar surface area (TPSA) is 17.1 Å². The molecule has 0 aromatic heterocycles. The van der Waals surface area contributed by atoms with Gasteiger partial charge in [0.15, 0.2) is 0 Å². The molecular weight excluding hydrogens is 136 g/mol. The molecule has 60 valence electrons. The van der Waals surface area contributed by atoms with E-state index in [4.69, 9.17) is 0 Å². The summed E-state index contributed by atoms with van der Waals surface area (Å²) in [6.07, 6.45) is 6.69. The molecule has 1 nitrogen and oxygen atoms in total. The van der Waals surface area contributed by atoms with E-state index in [0.29, 0.717) is 6.42 Å². The Hall–Kier alpha value is -1.11. The number of Topliss-reactive ketones (excluding diaryl/α,β-unsaturated/α-hetero) is 1. The molecule has 0 heterocycles. The molecule has 0 aliphatic rings. The maximum Gasteiger partial charge on any atom is 0.130 e. The van der Waals surface area contributed by atoms with Crippen LogP contribution in [0.2, 0.25) is 0 Å². The van der Waals surface area contributed by atoms with Gasteiger partial charge in [0.1, 0.15) is 5.78 Å². The van der Waals surface area contributed by atoms with Crippen LogP contribution in [0.3, 0.4) is 0 Å². The summed E-state index contributed by atoms with van der Waals surface area (Å²) < 4.78 is 0. The zero-order valence-corrected chi connectivity index (χ0v) is 6.97. The first-order chi connectivity index (χ1) is 5.20. The van der Waals surface area contributed by atoms with Crippen LogP contribution in [0, 0.1) is 0 Å². The summed E-state index contributed by atoms with van der Waals surface area (Å²) in [5.41, 5.74) is 1.07. The minimum atomic E-state index is 0.210. The van der Waals surface area contributed by atoms with Crippen LogP contribution in [0.4, 0.5) is 0 Å². The van der Waals surface area contributed by atoms with Crippen molar-refractivity contribution in [2.45, 2.75) is 19.8 Å². The molecule has 0 amide bonds. The Bertz CT molecular complexity index is 187. The molecule has 0 aromatic rings. The number of allylic oxidation sites excluding steroid dienone is 4. The van der Waals surface area contributed by atoms with Gasteiger partial charge in [-0.2, -0.15) is 0 Å². The van der Waals surface area contributed by atoms with Gasteiger partial charge in [-0.05, 0) is 18.9 Å². The van der Waals surface area contributed by atoms with E-state index in [0.717, 1.165) is 12.0 Å². The Morgan fingerprint density at radius 1 is 1.36 bits per heavy atom. The van der Waals surface area contributed by atoms with Gasteiger partial charge in [0.05, 0.1) is 0 Å². The van der Waals surface area contributed by atoms with Crippen molar-refractivity contribution in [1.82, 2.24) is 0 Å². The van der Waals surface area contributed by atoms with Gasteiger partial charge in [-0.1, -0.05) is 31.4 Å². The van der Waals surface area contributed by atoms with Gasteiger partial charge in [0.25, 0.3) is 0 Å². The minimum absolute atomic E-state index is 0.210. The van der Waals surface area contributed by atoms with Crippen molar-refractivity contribution in [1.29, 1.82) is 0 Å². The highest BCUT2D eigenvalue weighted by Crippen LogP contribution is 2.06. The van der Waals surface area contributed by atoms with Gasteiger partial charge >= 0.3 is 0 Å². The number of hydrogen-bond donors (Lipinski definition) is 0. The zero-order valence-electron chi connectivity index (χ0n) is 6.97. The van der Waals surface area contributed by atoms with E-state index in [1.165, 1.54) is 0 Å². The Kier molecular flexibility index (Phi) is 5.09. The molecule has 0 saturated heterocycles. The summed E-state index contributed by atoms with van der Waals surface area (Å²) in [5.74, 6) is 0.210. The summed E-state index contributed by atoms with van der Waals surface area (Å²) in [4.78, 5) is 10.6. The lowest BCUT2D eigenvalue weighted by molar-refractivity contribution is -0.116. The van der Waals surface area contributed by atoms with E-state index < -0.39 is 0 Å². The highest BCUT2D eigenvalue weighted by Gasteiger charge is 1.94. The van der Waals surface area contributed by atoms with Crippen LogP contribution < -0.4 is 0 Å². The third-order valence-corrected chi connectivity index (χ3v) is 1.36. The molecule has 0 aliphatic carbocycles. The van der Waals surface area contributed by atoms with Gasteiger partial charge < -0.3 is 4.79 Å². The second kappa shape index (κ2) is 5.66. The lowest BCUT2D eigenvalue weighted by Crippen LogP contribution is -1.89. The van der Waals surface area contributed by atoms with E-state index in [9.17, 15) is 4.79 Å². The second-order valence-corrected chi connectivity index (χ2v) is 2.38. The summed E-state index contributed by atoms with van der Waals surface area (Å²) in [6.45, 7) is 8.79. The van der Waals surface area contributed by atoms with Crippen LogP contribution in [-0.2, 0) is 4.79 Å². The molecule has 0 bridgehead atoms. The van der Waals surface area contributed by atoms with E-state index in [1.54, 1.807) is 19.1 Å². The number of ketones is 1. The van der Waals surface area contributed by atoms with Crippen LogP contribution in [0.25, 0.3) is 0 Å². The maximum atomic E-state index is 10.6. The van der Waals surface area contributed by atoms with Crippen molar-refractivity contribution in [3.8, 4) is 0 Å². The van der Waals surface area contributed by atoms with Gasteiger partial charge in [-0.3, -0.25) is 0 Å². The predicted octanol–water partition coefficient (Wildman–Crippen LogP) is 2.65. The first-order valence-electron chi connectivity index (χ1n) is 3.64. The Labute approximate surface area is 68.1 Å². The highest BCUT2D eigenvalue weighted by atomic mass is 16.1. The average Bonchev–Trinajstić information content (AvgIpc) is 1.97. The first-order valence-corrected chi connectivity index (χ1v) is 3.64. The number of carbonyl (C=O) groups excluding carboxylic acids is 1. The lowest BCUT2D eigenvalue weighted by Gasteiger charge is -1.96. The molecule has 0 radical (unpaired) electrons. The lowest BCUT2D eigenvalue weighted by atomic mass is 10.1. The first kappa shape index (κ1) is 9.89. The molecule has 0 fully saturated rings. The second-order valence-electron chi connectivity index (χ2n) is 2.38. The third-order valence-electron chi connectivity index (χ3n) is 1.36. The number of hydrogen-bond acceptors (Lipinski definition) is 1. The maximum absolute atomic E-state index is 10.6. The molecule has 0 spiro atoms. The monoisotopic (exact) mass is 150 g/mol. The van der Waals surface area contributed by atoms with Gasteiger partial charge in [0.2, 0.25) is 0 Å². The molecule has 0 atom stereocenters. The predicted molar refractivity (Wildman–Crippen MR) is 48.4 cm³/mol. The zero-order chi connectivity index (χ0) is 8.69. The third kappa shape index (κ3) is 5.34. The van der Waals surface area contributed by atoms with Crippen molar-refractivity contribution in [3.05, 3.63) is 37.0 Å². The van der Waals surface area contributed by atoms with Gasteiger partial charge in [-0.15, -0.1) is 0 Å². The Morgan fingerprint density at radius 2 is 2.00 bits per heavy atom. The average molecular weight is 150 g/mol. The standard InChI is InChI=1S/C10H14O/c1-4-6-10(5-2)8-7-9(3)11/h4-6H,1-2,7-8H2,3H3. The molecule has 0 unspecified atom stereocenters. The fourth-order valence-electron chi connectivity index (χ4n) is 0.725. The molecule has 11 heavy (non-hydrogen) atoms. The van der Waals surface area contributed by atoms with Crippen molar-refractivity contribution in [3.63, 3.8) is 0 Å². The van der Waals surface area contributed by atoms with Crippen LogP contribution >= 0.6 is 0 Å². The van der Waals surface area contributed by atoms with Crippen LogP contribution in [0.1, 0.15) is 19.8 Å². The molecule has 0 aromatic carbocycles. The summed E-state index contributed by atoms with van der Waals surface area (Å²) in [5, 5.41) is 0. The van der Waals surface area contributed by atoms with Crippen LogP contribution in [0.15, 0.2) is 37.0 Å². The summed E-state index contributed by atoms with van der Waals surface area (Å²) >= 11 is 0. The highest BCUT2D eigenvalue weighted by molar-refractivity contribution is 5.75. The molecular formula is C10H14O. The Morgan fingerprint density at radius 3 is 2.36 bits per heavy atom. The van der Waals surface area contributed by atoms with Gasteiger partial charge in [0, 0.05) is 6.42 Å². The molecule has 0 N–H and O–H groups in total. The minimum Gasteiger partial charge on any atom is -0.300 e.